The largest absolute Gasteiger partial charge is 0.493 e. The predicted molar refractivity (Wildman–Crippen MR) is 116 cm³/mol. The first-order valence-corrected chi connectivity index (χ1v) is 9.77. The van der Waals surface area contributed by atoms with Crippen LogP contribution in [0.2, 0.25) is 0 Å². The van der Waals surface area contributed by atoms with Crippen molar-refractivity contribution in [1.82, 2.24) is 10.2 Å². The number of nitrogens with one attached hydrogen (secondary N) is 2. The van der Waals surface area contributed by atoms with Crippen molar-refractivity contribution < 1.29 is 14.3 Å². The van der Waals surface area contributed by atoms with Gasteiger partial charge in [-0.3, -0.25) is 4.90 Å². The number of amides is 2. The van der Waals surface area contributed by atoms with E-state index >= 15 is 0 Å². The average molecular weight is 396 g/mol. The van der Waals surface area contributed by atoms with Crippen molar-refractivity contribution in [3.05, 3.63) is 65.7 Å². The van der Waals surface area contributed by atoms with Crippen LogP contribution in [0.15, 0.2) is 49.1 Å². The minimum Gasteiger partial charge on any atom is -0.493 e. The molecule has 6 nitrogen and oxygen atoms in total. The number of anilines is 1. The number of urea groups is 1. The fourth-order valence-electron chi connectivity index (χ4n) is 3.71. The quantitative estimate of drug-likeness (QED) is 0.698. The Hall–Kier alpha value is -2.99. The maximum atomic E-state index is 12.4. The number of hydrogen-bond donors (Lipinski definition) is 2. The summed E-state index contributed by atoms with van der Waals surface area (Å²) in [5, 5.41) is 5.90. The van der Waals surface area contributed by atoms with Gasteiger partial charge in [-0.2, -0.15) is 0 Å². The van der Waals surface area contributed by atoms with E-state index in [2.05, 4.69) is 22.1 Å². The second-order valence-corrected chi connectivity index (χ2v) is 7.16. The molecule has 1 aliphatic heterocycles. The summed E-state index contributed by atoms with van der Waals surface area (Å²) >= 11 is 0. The summed E-state index contributed by atoms with van der Waals surface area (Å²) in [5.74, 6) is 1.42. The lowest BCUT2D eigenvalue weighted by molar-refractivity contribution is 0.198. The van der Waals surface area contributed by atoms with Crippen molar-refractivity contribution in [2.24, 2.45) is 0 Å². The Labute approximate surface area is 172 Å². The van der Waals surface area contributed by atoms with Gasteiger partial charge in [0, 0.05) is 25.3 Å². The van der Waals surface area contributed by atoms with Gasteiger partial charge in [-0.05, 0) is 48.7 Å². The number of hydrogen-bond acceptors (Lipinski definition) is 4. The summed E-state index contributed by atoms with van der Waals surface area (Å²) in [7, 11) is 3.28. The van der Waals surface area contributed by atoms with Crippen molar-refractivity contribution in [2.45, 2.75) is 19.4 Å². The van der Waals surface area contributed by atoms with Crippen LogP contribution >= 0.6 is 0 Å². The van der Waals surface area contributed by atoms with E-state index in [1.54, 1.807) is 14.2 Å². The summed E-state index contributed by atoms with van der Waals surface area (Å²) < 4.78 is 10.9. The zero-order valence-corrected chi connectivity index (χ0v) is 17.3. The number of nitrogens with zero attached hydrogens (tertiary/aromatic N) is 1. The molecular weight excluding hydrogens is 366 g/mol. The maximum absolute atomic E-state index is 12.4. The minimum absolute atomic E-state index is 0.0281. The molecule has 0 radical (unpaired) electrons. The highest BCUT2D eigenvalue weighted by Crippen LogP contribution is 2.37. The van der Waals surface area contributed by atoms with Crippen LogP contribution in [0, 0.1) is 6.92 Å². The number of fused-ring (bicyclic) bond motifs is 1. The molecular formula is C23H29N3O3. The fraction of sp³-hybridized carbons (Fsp3) is 0.348. The fourth-order valence-corrected chi connectivity index (χ4v) is 3.71. The van der Waals surface area contributed by atoms with Gasteiger partial charge < -0.3 is 20.1 Å². The molecule has 2 amide bonds. The lowest BCUT2D eigenvalue weighted by atomic mass is 9.91. The lowest BCUT2D eigenvalue weighted by Crippen LogP contribution is -2.43. The topological polar surface area (TPSA) is 62.8 Å². The number of methoxy groups -OCH3 is 2. The molecule has 0 spiro atoms. The Kier molecular flexibility index (Phi) is 6.77. The van der Waals surface area contributed by atoms with Gasteiger partial charge in [0.1, 0.15) is 0 Å². The van der Waals surface area contributed by atoms with Crippen molar-refractivity contribution >= 4 is 11.7 Å². The summed E-state index contributed by atoms with van der Waals surface area (Å²) in [5.41, 5.74) is 4.28. The molecule has 2 aromatic rings. The van der Waals surface area contributed by atoms with Gasteiger partial charge in [0.2, 0.25) is 0 Å². The number of carbonyl (C=O) groups is 1. The molecule has 0 saturated carbocycles. The predicted octanol–water partition coefficient (Wildman–Crippen LogP) is 3.92. The second kappa shape index (κ2) is 9.47. The zero-order valence-electron chi connectivity index (χ0n) is 17.3. The third-order valence-corrected chi connectivity index (χ3v) is 5.24. The number of aryl methyl sites for hydroxylation is 1. The smallest absolute Gasteiger partial charge is 0.319 e. The van der Waals surface area contributed by atoms with Crippen molar-refractivity contribution in [2.75, 3.05) is 39.2 Å². The highest BCUT2D eigenvalue weighted by Gasteiger charge is 2.28. The van der Waals surface area contributed by atoms with Crippen LogP contribution in [0.3, 0.4) is 0 Å². The Bertz CT molecular complexity index is 864. The Morgan fingerprint density at radius 1 is 1.21 bits per heavy atom. The first kappa shape index (κ1) is 20.7. The molecule has 6 heteroatoms. The standard InChI is InChI=1S/C23H29N3O3/c1-5-11-26-12-10-17-13-21(28-3)22(29-4)14-19(17)20(26)15-24-23(27)25-18-8-6-16(2)7-9-18/h5-9,13-14,20H,1,10-12,15H2,2-4H3,(H2,24,25,27). The number of carbonyl (C=O) groups excluding carboxylic acids is 1. The van der Waals surface area contributed by atoms with Crippen LogP contribution < -0.4 is 20.1 Å². The lowest BCUT2D eigenvalue weighted by Gasteiger charge is -2.37. The van der Waals surface area contributed by atoms with Crippen LogP contribution in [0.5, 0.6) is 11.5 Å². The van der Waals surface area contributed by atoms with Gasteiger partial charge in [0.25, 0.3) is 0 Å². The van der Waals surface area contributed by atoms with Crippen LogP contribution in [-0.4, -0.2) is 44.8 Å². The first-order valence-electron chi connectivity index (χ1n) is 9.77. The summed E-state index contributed by atoms with van der Waals surface area (Å²) in [6, 6.07) is 11.6. The maximum Gasteiger partial charge on any atom is 0.319 e. The molecule has 1 heterocycles. The average Bonchev–Trinajstić information content (AvgIpc) is 2.73. The normalized spacial score (nSPS) is 15.9. The summed E-state index contributed by atoms with van der Waals surface area (Å²) in [4.78, 5) is 14.7. The number of benzene rings is 2. The van der Waals surface area contributed by atoms with E-state index in [0.29, 0.717) is 12.3 Å². The molecule has 1 unspecified atom stereocenters. The third kappa shape index (κ3) is 4.90. The second-order valence-electron chi connectivity index (χ2n) is 7.16. The molecule has 29 heavy (non-hydrogen) atoms. The van der Waals surface area contributed by atoms with E-state index in [1.165, 1.54) is 5.56 Å². The van der Waals surface area contributed by atoms with Gasteiger partial charge in [-0.15, -0.1) is 6.58 Å². The Balaban J connectivity index is 1.77. The molecule has 1 atom stereocenters. The van der Waals surface area contributed by atoms with E-state index in [1.807, 2.05) is 49.4 Å². The number of rotatable bonds is 7. The molecule has 0 aromatic heterocycles. The monoisotopic (exact) mass is 395 g/mol. The third-order valence-electron chi connectivity index (χ3n) is 5.24. The summed E-state index contributed by atoms with van der Waals surface area (Å²) in [6.45, 7) is 8.01. The SMILES string of the molecule is C=CCN1CCc2cc(OC)c(OC)cc2C1CNC(=O)Nc1ccc(C)cc1. The van der Waals surface area contributed by atoms with Crippen LogP contribution in [0.4, 0.5) is 10.5 Å². The molecule has 0 saturated heterocycles. The van der Waals surface area contributed by atoms with Crippen LogP contribution in [-0.2, 0) is 6.42 Å². The van der Waals surface area contributed by atoms with E-state index in [-0.39, 0.29) is 12.1 Å². The first-order chi connectivity index (χ1) is 14.0. The molecule has 0 fully saturated rings. The molecule has 0 bridgehead atoms. The molecule has 0 aliphatic carbocycles. The van der Waals surface area contributed by atoms with Crippen molar-refractivity contribution in [3.8, 4) is 11.5 Å². The molecule has 2 aromatic carbocycles. The molecule has 1 aliphatic rings. The minimum atomic E-state index is -0.222. The summed E-state index contributed by atoms with van der Waals surface area (Å²) in [6.07, 6.45) is 2.81. The Morgan fingerprint density at radius 2 is 1.90 bits per heavy atom. The van der Waals surface area contributed by atoms with Crippen molar-refractivity contribution in [1.29, 1.82) is 0 Å². The van der Waals surface area contributed by atoms with E-state index in [4.69, 9.17) is 9.47 Å². The van der Waals surface area contributed by atoms with Gasteiger partial charge in [-0.1, -0.05) is 23.8 Å². The molecule has 3 rings (SSSR count). The zero-order chi connectivity index (χ0) is 20.8. The van der Waals surface area contributed by atoms with Gasteiger partial charge in [-0.25, -0.2) is 4.79 Å². The Morgan fingerprint density at radius 3 is 2.55 bits per heavy atom. The van der Waals surface area contributed by atoms with Crippen molar-refractivity contribution in [3.63, 3.8) is 0 Å². The number of ether oxygens (including phenoxy) is 2. The van der Waals surface area contributed by atoms with E-state index < -0.39 is 0 Å². The molecule has 154 valence electrons. The van der Waals surface area contributed by atoms with Crippen LogP contribution in [0.1, 0.15) is 22.7 Å². The van der Waals surface area contributed by atoms with Gasteiger partial charge in [0.15, 0.2) is 11.5 Å². The van der Waals surface area contributed by atoms with Gasteiger partial charge in [0.05, 0.1) is 20.3 Å². The van der Waals surface area contributed by atoms with Gasteiger partial charge >= 0.3 is 6.03 Å². The van der Waals surface area contributed by atoms with E-state index in [9.17, 15) is 4.79 Å². The van der Waals surface area contributed by atoms with E-state index in [0.717, 1.165) is 42.1 Å². The van der Waals surface area contributed by atoms with Crippen LogP contribution in [0.25, 0.3) is 0 Å². The molecule has 2 N–H and O–H groups in total. The highest BCUT2D eigenvalue weighted by atomic mass is 16.5. The highest BCUT2D eigenvalue weighted by molar-refractivity contribution is 5.89.